The highest BCUT2D eigenvalue weighted by molar-refractivity contribution is 7.17. The van der Waals surface area contributed by atoms with Crippen LogP contribution in [0.5, 0.6) is 0 Å². The van der Waals surface area contributed by atoms with E-state index in [4.69, 9.17) is 0 Å². The van der Waals surface area contributed by atoms with Crippen molar-refractivity contribution in [2.24, 2.45) is 0 Å². The van der Waals surface area contributed by atoms with Gasteiger partial charge in [-0.25, -0.2) is 14.4 Å². The fraction of sp³-hybridized carbons (Fsp3) is 0.200. The molecule has 0 fully saturated rings. The summed E-state index contributed by atoms with van der Waals surface area (Å²) >= 11 is 1.60. The van der Waals surface area contributed by atoms with Gasteiger partial charge in [0.1, 0.15) is 18.0 Å². The normalized spacial score (nSPS) is 12.6. The van der Waals surface area contributed by atoms with Crippen LogP contribution in [0.1, 0.15) is 24.1 Å². The molecule has 0 aliphatic rings. The van der Waals surface area contributed by atoms with Crippen molar-refractivity contribution < 1.29 is 4.39 Å². The lowest BCUT2D eigenvalue weighted by molar-refractivity contribution is 0.614. The Kier molecular flexibility index (Phi) is 3.36. The number of aromatic nitrogens is 2. The molecular weight excluding hydrogens is 273 g/mol. The first-order chi connectivity index (χ1) is 9.65. The Labute approximate surface area is 120 Å². The summed E-state index contributed by atoms with van der Waals surface area (Å²) in [7, 11) is 0. The summed E-state index contributed by atoms with van der Waals surface area (Å²) in [4.78, 5) is 8.49. The van der Waals surface area contributed by atoms with Gasteiger partial charge in [-0.05, 0) is 42.5 Å². The van der Waals surface area contributed by atoms with Gasteiger partial charge in [-0.1, -0.05) is 12.1 Å². The maximum absolute atomic E-state index is 13.6. The second-order valence-corrected chi connectivity index (χ2v) is 5.65. The minimum absolute atomic E-state index is 0.0229. The fourth-order valence-electron chi connectivity index (χ4n) is 2.06. The number of anilines is 1. The van der Waals surface area contributed by atoms with Crippen molar-refractivity contribution in [3.8, 4) is 0 Å². The molecule has 20 heavy (non-hydrogen) atoms. The molecule has 3 rings (SSSR count). The number of fused-ring (bicyclic) bond motifs is 1. The lowest BCUT2D eigenvalue weighted by Crippen LogP contribution is -2.08. The summed E-state index contributed by atoms with van der Waals surface area (Å²) in [5.74, 6) is 0.610. The van der Waals surface area contributed by atoms with Crippen LogP contribution < -0.4 is 5.32 Å². The van der Waals surface area contributed by atoms with Gasteiger partial charge in [0.2, 0.25) is 0 Å². The summed E-state index contributed by atoms with van der Waals surface area (Å²) in [5.41, 5.74) is 2.48. The van der Waals surface area contributed by atoms with Gasteiger partial charge in [-0.3, -0.25) is 0 Å². The van der Waals surface area contributed by atoms with Crippen LogP contribution in [0.25, 0.3) is 10.2 Å². The van der Waals surface area contributed by atoms with Gasteiger partial charge in [0.15, 0.2) is 0 Å². The van der Waals surface area contributed by atoms with E-state index >= 15 is 0 Å². The van der Waals surface area contributed by atoms with E-state index in [0.717, 1.165) is 21.6 Å². The largest absolute Gasteiger partial charge is 0.362 e. The molecule has 0 spiro atoms. The number of halogens is 1. The van der Waals surface area contributed by atoms with Crippen LogP contribution in [0.15, 0.2) is 36.0 Å². The summed E-state index contributed by atoms with van der Waals surface area (Å²) in [6, 6.07) is 7.24. The molecule has 0 saturated carbocycles. The minimum atomic E-state index is -0.180. The number of benzene rings is 1. The molecule has 0 radical (unpaired) electrons. The van der Waals surface area contributed by atoms with E-state index in [0.29, 0.717) is 5.56 Å². The molecule has 0 aliphatic carbocycles. The van der Waals surface area contributed by atoms with Crippen LogP contribution in [0.4, 0.5) is 10.2 Å². The minimum Gasteiger partial charge on any atom is -0.362 e. The third-order valence-electron chi connectivity index (χ3n) is 3.29. The molecule has 1 atom stereocenters. The van der Waals surface area contributed by atoms with E-state index in [-0.39, 0.29) is 11.9 Å². The number of rotatable bonds is 3. The zero-order chi connectivity index (χ0) is 14.1. The monoisotopic (exact) mass is 287 g/mol. The molecule has 3 aromatic rings. The molecule has 1 unspecified atom stereocenters. The molecule has 2 aromatic heterocycles. The lowest BCUT2D eigenvalue weighted by atomic mass is 10.1. The second-order valence-electron chi connectivity index (χ2n) is 4.73. The van der Waals surface area contributed by atoms with Crippen molar-refractivity contribution in [1.82, 2.24) is 9.97 Å². The van der Waals surface area contributed by atoms with Crippen molar-refractivity contribution in [2.45, 2.75) is 19.9 Å². The molecule has 0 bridgehead atoms. The zero-order valence-electron chi connectivity index (χ0n) is 11.2. The molecule has 0 saturated heterocycles. The van der Waals surface area contributed by atoms with E-state index in [2.05, 4.69) is 15.3 Å². The van der Waals surface area contributed by atoms with Gasteiger partial charge in [0.25, 0.3) is 0 Å². The van der Waals surface area contributed by atoms with Gasteiger partial charge in [-0.2, -0.15) is 0 Å². The topological polar surface area (TPSA) is 37.8 Å². The van der Waals surface area contributed by atoms with E-state index < -0.39 is 0 Å². The van der Waals surface area contributed by atoms with Crippen molar-refractivity contribution in [3.05, 3.63) is 52.9 Å². The smallest absolute Gasteiger partial charge is 0.147 e. The van der Waals surface area contributed by atoms with Gasteiger partial charge >= 0.3 is 0 Å². The Morgan fingerprint density at radius 2 is 2.10 bits per heavy atom. The molecule has 1 aromatic carbocycles. The third kappa shape index (κ3) is 2.36. The predicted octanol–water partition coefficient (Wildman–Crippen LogP) is 4.31. The average Bonchev–Trinajstić information content (AvgIpc) is 2.91. The molecule has 3 nitrogen and oxygen atoms in total. The Hall–Kier alpha value is -2.01. The van der Waals surface area contributed by atoms with Gasteiger partial charge in [0, 0.05) is 0 Å². The summed E-state index contributed by atoms with van der Waals surface area (Å²) in [6.45, 7) is 3.75. The SMILES string of the molecule is Cc1ccc(C(C)Nc2ncnc3ccsc23)cc1F. The van der Waals surface area contributed by atoms with E-state index in [1.54, 1.807) is 36.7 Å². The lowest BCUT2D eigenvalue weighted by Gasteiger charge is -2.15. The van der Waals surface area contributed by atoms with Crippen LogP contribution >= 0.6 is 11.3 Å². The van der Waals surface area contributed by atoms with Gasteiger partial charge in [-0.15, -0.1) is 11.3 Å². The highest BCUT2D eigenvalue weighted by atomic mass is 32.1. The Morgan fingerprint density at radius 3 is 2.90 bits per heavy atom. The number of nitrogens with one attached hydrogen (secondary N) is 1. The first kappa shape index (κ1) is 13.0. The van der Waals surface area contributed by atoms with Crippen LogP contribution in [-0.2, 0) is 0 Å². The molecule has 1 N–H and O–H groups in total. The highest BCUT2D eigenvalue weighted by Crippen LogP contribution is 2.28. The van der Waals surface area contributed by atoms with Crippen molar-refractivity contribution in [3.63, 3.8) is 0 Å². The predicted molar refractivity (Wildman–Crippen MR) is 80.6 cm³/mol. The van der Waals surface area contributed by atoms with Crippen LogP contribution in [0.2, 0.25) is 0 Å². The molecule has 0 aliphatic heterocycles. The van der Waals surface area contributed by atoms with Crippen LogP contribution in [-0.4, -0.2) is 9.97 Å². The third-order valence-corrected chi connectivity index (χ3v) is 4.20. The summed E-state index contributed by atoms with van der Waals surface area (Å²) in [6.07, 6.45) is 1.54. The van der Waals surface area contributed by atoms with Crippen molar-refractivity contribution >= 4 is 27.4 Å². The second kappa shape index (κ2) is 5.17. The number of hydrogen-bond donors (Lipinski definition) is 1. The zero-order valence-corrected chi connectivity index (χ0v) is 12.0. The number of aryl methyl sites for hydroxylation is 1. The fourth-order valence-corrected chi connectivity index (χ4v) is 2.86. The van der Waals surface area contributed by atoms with E-state index in [1.807, 2.05) is 24.4 Å². The van der Waals surface area contributed by atoms with Gasteiger partial charge in [0.05, 0.1) is 16.3 Å². The Morgan fingerprint density at radius 1 is 1.25 bits per heavy atom. The number of nitrogens with zero attached hydrogens (tertiary/aromatic N) is 2. The Balaban J connectivity index is 1.90. The standard InChI is InChI=1S/C15H14FN3S/c1-9-3-4-11(7-12(9)16)10(2)19-15-14-13(5-6-20-14)17-8-18-15/h3-8,10H,1-2H3,(H,17,18,19). The van der Waals surface area contributed by atoms with Crippen LogP contribution in [0, 0.1) is 12.7 Å². The van der Waals surface area contributed by atoms with Crippen molar-refractivity contribution in [1.29, 1.82) is 0 Å². The van der Waals surface area contributed by atoms with E-state index in [9.17, 15) is 4.39 Å². The molecule has 102 valence electrons. The van der Waals surface area contributed by atoms with Gasteiger partial charge < -0.3 is 5.32 Å². The van der Waals surface area contributed by atoms with E-state index in [1.165, 1.54) is 0 Å². The first-order valence-corrected chi connectivity index (χ1v) is 7.24. The maximum Gasteiger partial charge on any atom is 0.147 e. The summed E-state index contributed by atoms with van der Waals surface area (Å²) in [5, 5.41) is 5.31. The molecular formula is C15H14FN3S. The Bertz CT molecular complexity index is 754. The number of thiophene rings is 1. The first-order valence-electron chi connectivity index (χ1n) is 6.36. The van der Waals surface area contributed by atoms with Crippen molar-refractivity contribution in [2.75, 3.05) is 5.32 Å². The molecule has 2 heterocycles. The average molecular weight is 287 g/mol. The quantitative estimate of drug-likeness (QED) is 0.780. The highest BCUT2D eigenvalue weighted by Gasteiger charge is 2.11. The maximum atomic E-state index is 13.6. The molecule has 5 heteroatoms. The number of hydrogen-bond acceptors (Lipinski definition) is 4. The van der Waals surface area contributed by atoms with Crippen LogP contribution in [0.3, 0.4) is 0 Å². The summed E-state index contributed by atoms with van der Waals surface area (Å²) < 4.78 is 14.7. The molecule has 0 amide bonds.